The van der Waals surface area contributed by atoms with E-state index in [1.165, 1.54) is 22.5 Å². The minimum Gasteiger partial charge on any atom is -0.390 e. The van der Waals surface area contributed by atoms with E-state index in [1.54, 1.807) is 18.3 Å². The molecule has 1 amide bonds. The molecule has 2 aromatic heterocycles. The van der Waals surface area contributed by atoms with Gasteiger partial charge >= 0.3 is 6.18 Å². The quantitative estimate of drug-likeness (QED) is 0.438. The highest BCUT2D eigenvalue weighted by molar-refractivity contribution is 7.89. The largest absolute Gasteiger partial charge is 0.417 e. The second-order valence-corrected chi connectivity index (χ2v) is 12.0. The van der Waals surface area contributed by atoms with Crippen molar-refractivity contribution in [3.63, 3.8) is 0 Å². The number of β-amino-alcohol motifs (C(OH)–C–C–N with tert-alkyl or cyclic N) is 1. The monoisotopic (exact) mass is 559 g/mol. The highest BCUT2D eigenvalue weighted by Crippen LogP contribution is 2.55. The first-order chi connectivity index (χ1) is 18.5. The van der Waals surface area contributed by atoms with Crippen molar-refractivity contribution in [2.45, 2.75) is 47.9 Å². The van der Waals surface area contributed by atoms with Crippen LogP contribution in [0.1, 0.15) is 30.4 Å². The van der Waals surface area contributed by atoms with E-state index >= 15 is 0 Å². The standard InChI is InChI=1S/C26H24F3N5O4S/c27-26(28,29)17-3-6-22(30-13-17)32-20-7-10-34(14-21(20)35)39(37,38)18-4-1-15(2-5-18)16-11-19-23(31-12-16)33-24(36)25(19)8-9-25/h1-6,11-13,20-21,35H,7-10,14H2,(H,30,32)(H,31,33,36)/t20-,21+/m1/s1. The second-order valence-electron chi connectivity index (χ2n) is 10.1. The van der Waals surface area contributed by atoms with Gasteiger partial charge in [0, 0.05) is 36.6 Å². The zero-order valence-corrected chi connectivity index (χ0v) is 21.3. The molecule has 13 heteroatoms. The molecule has 3 aliphatic rings. The Morgan fingerprint density at radius 2 is 1.79 bits per heavy atom. The molecule has 39 heavy (non-hydrogen) atoms. The molecular formula is C26H24F3N5O4S. The van der Waals surface area contributed by atoms with Gasteiger partial charge in [-0.1, -0.05) is 12.1 Å². The van der Waals surface area contributed by atoms with Crippen molar-refractivity contribution in [1.82, 2.24) is 14.3 Å². The maximum absolute atomic E-state index is 13.3. The SMILES string of the molecule is O=C1Nc2ncc(-c3ccc(S(=O)(=O)N4CC[C@@H](Nc5ccc(C(F)(F)F)cn5)[C@@H](O)C4)cc3)cc2C12CC2. The lowest BCUT2D eigenvalue weighted by Gasteiger charge is -2.35. The Balaban J connectivity index is 1.13. The highest BCUT2D eigenvalue weighted by Gasteiger charge is 2.56. The molecule has 3 aromatic rings. The summed E-state index contributed by atoms with van der Waals surface area (Å²) in [6, 6.07) is 9.78. The summed E-state index contributed by atoms with van der Waals surface area (Å²) in [4.78, 5) is 20.5. The summed E-state index contributed by atoms with van der Waals surface area (Å²) in [6.45, 7) is -0.0719. The van der Waals surface area contributed by atoms with E-state index in [2.05, 4.69) is 20.6 Å². The van der Waals surface area contributed by atoms with Gasteiger partial charge in [-0.25, -0.2) is 18.4 Å². The molecule has 9 nitrogen and oxygen atoms in total. The van der Waals surface area contributed by atoms with Gasteiger partial charge in [-0.15, -0.1) is 0 Å². The van der Waals surface area contributed by atoms with Crippen LogP contribution in [0.15, 0.2) is 59.8 Å². The van der Waals surface area contributed by atoms with Crippen LogP contribution in [-0.4, -0.2) is 58.9 Å². The van der Waals surface area contributed by atoms with Gasteiger partial charge in [-0.2, -0.15) is 17.5 Å². The Kier molecular flexibility index (Phi) is 5.93. The number of carbonyl (C=O) groups excluding carboxylic acids is 1. The van der Waals surface area contributed by atoms with Crippen molar-refractivity contribution in [3.05, 3.63) is 66.0 Å². The summed E-state index contributed by atoms with van der Waals surface area (Å²) in [5.74, 6) is 0.708. The van der Waals surface area contributed by atoms with Gasteiger partial charge in [-0.3, -0.25) is 4.79 Å². The van der Waals surface area contributed by atoms with Gasteiger partial charge in [0.2, 0.25) is 15.9 Å². The van der Waals surface area contributed by atoms with Gasteiger partial charge in [-0.05, 0) is 55.2 Å². The number of aliphatic hydroxyl groups excluding tert-OH is 1. The van der Waals surface area contributed by atoms with Crippen molar-refractivity contribution in [3.8, 4) is 11.1 Å². The number of alkyl halides is 3. The molecular weight excluding hydrogens is 535 g/mol. The molecule has 0 bridgehead atoms. The van der Waals surface area contributed by atoms with E-state index in [1.807, 2.05) is 6.07 Å². The Morgan fingerprint density at radius 1 is 1.05 bits per heavy atom. The fourth-order valence-corrected chi connectivity index (χ4v) is 6.63. The van der Waals surface area contributed by atoms with Crippen molar-refractivity contribution in [2.75, 3.05) is 23.7 Å². The van der Waals surface area contributed by atoms with Gasteiger partial charge in [0.05, 0.1) is 28.0 Å². The number of aromatic nitrogens is 2. The number of nitrogens with one attached hydrogen (secondary N) is 2. The predicted octanol–water partition coefficient (Wildman–Crippen LogP) is 3.38. The van der Waals surface area contributed by atoms with Gasteiger partial charge < -0.3 is 15.7 Å². The predicted molar refractivity (Wildman–Crippen MR) is 135 cm³/mol. The average Bonchev–Trinajstić information content (AvgIpc) is 3.67. The Labute approximate surface area is 222 Å². The van der Waals surface area contributed by atoms with Crippen LogP contribution in [0.2, 0.25) is 0 Å². The molecule has 3 N–H and O–H groups in total. The van der Waals surface area contributed by atoms with E-state index in [0.29, 0.717) is 12.0 Å². The van der Waals surface area contributed by atoms with E-state index in [-0.39, 0.29) is 36.1 Å². The van der Waals surface area contributed by atoms with Crippen LogP contribution in [-0.2, 0) is 26.4 Å². The van der Waals surface area contributed by atoms with Crippen LogP contribution in [0.5, 0.6) is 0 Å². The summed E-state index contributed by atoms with van der Waals surface area (Å²) in [6.07, 6.45) is -1.45. The van der Waals surface area contributed by atoms with Crippen molar-refractivity contribution >= 4 is 27.6 Å². The van der Waals surface area contributed by atoms with Crippen LogP contribution >= 0.6 is 0 Å². The summed E-state index contributed by atoms with van der Waals surface area (Å²) in [5.41, 5.74) is 1.04. The third-order valence-corrected chi connectivity index (χ3v) is 9.49. The fourth-order valence-electron chi connectivity index (χ4n) is 5.15. The number of nitrogens with zero attached hydrogens (tertiary/aromatic N) is 3. The van der Waals surface area contributed by atoms with Crippen LogP contribution in [0.4, 0.5) is 24.8 Å². The summed E-state index contributed by atoms with van der Waals surface area (Å²) in [5, 5.41) is 16.3. The minimum atomic E-state index is -4.50. The Bertz CT molecular complexity index is 1540. The third-order valence-electron chi connectivity index (χ3n) is 7.61. The number of aliphatic hydroxyl groups is 1. The lowest BCUT2D eigenvalue weighted by atomic mass is 9.96. The Morgan fingerprint density at radius 3 is 2.41 bits per heavy atom. The van der Waals surface area contributed by atoms with Crippen molar-refractivity contribution in [1.29, 1.82) is 0 Å². The number of rotatable bonds is 5. The highest BCUT2D eigenvalue weighted by atomic mass is 32.2. The molecule has 2 aliphatic heterocycles. The lowest BCUT2D eigenvalue weighted by molar-refractivity contribution is -0.137. The first-order valence-electron chi connectivity index (χ1n) is 12.4. The zero-order valence-electron chi connectivity index (χ0n) is 20.4. The van der Waals surface area contributed by atoms with Crippen molar-refractivity contribution < 1.29 is 31.5 Å². The molecule has 4 heterocycles. The molecule has 1 saturated heterocycles. The van der Waals surface area contributed by atoms with Crippen LogP contribution < -0.4 is 10.6 Å². The number of hydrogen-bond acceptors (Lipinski definition) is 7. The smallest absolute Gasteiger partial charge is 0.390 e. The average molecular weight is 560 g/mol. The number of halogens is 3. The maximum atomic E-state index is 13.3. The van der Waals surface area contributed by atoms with Crippen LogP contribution in [0, 0.1) is 0 Å². The molecule has 0 unspecified atom stereocenters. The summed E-state index contributed by atoms with van der Waals surface area (Å²) >= 11 is 0. The van der Waals surface area contributed by atoms with E-state index in [4.69, 9.17) is 0 Å². The molecule has 1 saturated carbocycles. The molecule has 2 atom stereocenters. The number of amides is 1. The number of fused-ring (bicyclic) bond motifs is 2. The molecule has 2 fully saturated rings. The summed E-state index contributed by atoms with van der Waals surface area (Å²) < 4.78 is 66.0. The maximum Gasteiger partial charge on any atom is 0.417 e. The second kappa shape index (κ2) is 9.00. The van der Waals surface area contributed by atoms with E-state index in [9.17, 15) is 31.5 Å². The molecule has 6 rings (SSSR count). The molecule has 0 radical (unpaired) electrons. The molecule has 1 aliphatic carbocycles. The number of pyridine rings is 2. The van der Waals surface area contributed by atoms with Crippen LogP contribution in [0.3, 0.4) is 0 Å². The lowest BCUT2D eigenvalue weighted by Crippen LogP contribution is -2.51. The fraction of sp³-hybridized carbons (Fsp3) is 0.346. The Hall–Kier alpha value is -3.55. The molecule has 1 aromatic carbocycles. The molecule has 204 valence electrons. The topological polar surface area (TPSA) is 125 Å². The summed E-state index contributed by atoms with van der Waals surface area (Å²) in [7, 11) is -3.90. The third kappa shape index (κ3) is 4.53. The number of piperidine rings is 1. The van der Waals surface area contributed by atoms with Crippen LogP contribution in [0.25, 0.3) is 11.1 Å². The minimum absolute atomic E-state index is 0.0274. The normalized spacial score (nSPS) is 22.4. The van der Waals surface area contributed by atoms with E-state index < -0.39 is 39.3 Å². The first-order valence-corrected chi connectivity index (χ1v) is 13.8. The number of benzene rings is 1. The van der Waals surface area contributed by atoms with E-state index in [0.717, 1.165) is 35.6 Å². The van der Waals surface area contributed by atoms with Gasteiger partial charge in [0.1, 0.15) is 11.6 Å². The number of anilines is 2. The van der Waals surface area contributed by atoms with Gasteiger partial charge in [0.25, 0.3) is 0 Å². The number of hydrogen-bond donors (Lipinski definition) is 3. The molecule has 1 spiro atoms. The zero-order chi connectivity index (χ0) is 27.6. The number of sulfonamides is 1. The van der Waals surface area contributed by atoms with Crippen molar-refractivity contribution in [2.24, 2.45) is 0 Å². The first kappa shape index (κ1) is 25.7. The van der Waals surface area contributed by atoms with Gasteiger partial charge in [0.15, 0.2) is 0 Å². The number of carbonyl (C=O) groups is 1.